The summed E-state index contributed by atoms with van der Waals surface area (Å²) in [4.78, 5) is 22.3. The van der Waals surface area contributed by atoms with Gasteiger partial charge < -0.3 is 10.1 Å². The van der Waals surface area contributed by atoms with Gasteiger partial charge in [-0.3, -0.25) is 9.79 Å². The van der Waals surface area contributed by atoms with Crippen molar-refractivity contribution in [1.29, 1.82) is 0 Å². The number of hydrogen-bond acceptors (Lipinski definition) is 5. The molecule has 0 unspecified atom stereocenters. The van der Waals surface area contributed by atoms with Crippen LogP contribution in [0.3, 0.4) is 0 Å². The highest BCUT2D eigenvalue weighted by atomic mass is 35.5. The number of rotatable bonds is 5. The van der Waals surface area contributed by atoms with Crippen molar-refractivity contribution in [2.45, 2.75) is 20.3 Å². The molecule has 0 saturated carbocycles. The average molecular weight is 496 g/mol. The smallest absolute Gasteiger partial charge is 0.234 e. The van der Waals surface area contributed by atoms with E-state index in [-0.39, 0.29) is 16.7 Å². The molecule has 1 N–H and O–H groups in total. The first-order valence-electron chi connectivity index (χ1n) is 10.6. The van der Waals surface area contributed by atoms with Crippen molar-refractivity contribution in [1.82, 2.24) is 0 Å². The molecular formula is C26H23ClFN3O2S. The lowest BCUT2D eigenvalue weighted by Gasteiger charge is -2.10. The molecule has 1 aliphatic heterocycles. The average Bonchev–Trinajstić information content (AvgIpc) is 2.99. The topological polar surface area (TPSA) is 63.1 Å². The number of hydrogen-bond donors (Lipinski definition) is 1. The summed E-state index contributed by atoms with van der Waals surface area (Å²) in [7, 11) is 1.63. The summed E-state index contributed by atoms with van der Waals surface area (Å²) < 4.78 is 18.7. The minimum absolute atomic E-state index is 0.123. The number of fused-ring (bicyclic) bond motifs is 1. The number of nitrogens with zero attached hydrogens (tertiary/aromatic N) is 2. The zero-order valence-electron chi connectivity index (χ0n) is 19.0. The third-order valence-electron chi connectivity index (χ3n) is 5.39. The molecule has 1 aliphatic rings. The quantitative estimate of drug-likeness (QED) is 0.413. The van der Waals surface area contributed by atoms with Crippen molar-refractivity contribution in [2.24, 2.45) is 9.98 Å². The number of aliphatic imine (C=N–C) groups is 2. The molecule has 0 aliphatic carbocycles. The summed E-state index contributed by atoms with van der Waals surface area (Å²) in [5.74, 6) is 0.147. The van der Waals surface area contributed by atoms with Crippen molar-refractivity contribution in [2.75, 3.05) is 18.2 Å². The molecule has 4 rings (SSSR count). The fourth-order valence-corrected chi connectivity index (χ4v) is 4.43. The van der Waals surface area contributed by atoms with Crippen LogP contribution in [0.5, 0.6) is 5.75 Å². The Bertz CT molecular complexity index is 1320. The minimum Gasteiger partial charge on any atom is -0.497 e. The van der Waals surface area contributed by atoms with Gasteiger partial charge in [-0.15, -0.1) is 11.8 Å². The highest BCUT2D eigenvalue weighted by Gasteiger charge is 2.18. The van der Waals surface area contributed by atoms with E-state index in [0.717, 1.165) is 50.6 Å². The Balaban J connectivity index is 1.59. The Kier molecular flexibility index (Phi) is 7.34. The maximum absolute atomic E-state index is 13.3. The second kappa shape index (κ2) is 10.4. The van der Waals surface area contributed by atoms with Crippen LogP contribution in [0.4, 0.5) is 21.5 Å². The van der Waals surface area contributed by atoms with E-state index in [4.69, 9.17) is 26.3 Å². The number of ether oxygens (including phenoxy) is 1. The number of thioether (sulfide) groups is 1. The van der Waals surface area contributed by atoms with E-state index in [1.165, 1.54) is 23.9 Å². The predicted octanol–water partition coefficient (Wildman–Crippen LogP) is 7.03. The maximum atomic E-state index is 13.3. The van der Waals surface area contributed by atoms with Crippen molar-refractivity contribution in [3.05, 3.63) is 82.1 Å². The van der Waals surface area contributed by atoms with Crippen LogP contribution in [0.25, 0.3) is 0 Å². The summed E-state index contributed by atoms with van der Waals surface area (Å²) in [5.41, 5.74) is 5.96. The second-order valence-electron chi connectivity index (χ2n) is 7.86. The van der Waals surface area contributed by atoms with Gasteiger partial charge in [0.1, 0.15) is 11.6 Å². The van der Waals surface area contributed by atoms with Gasteiger partial charge in [-0.2, -0.15) is 0 Å². The molecule has 1 heterocycles. The molecule has 0 spiro atoms. The molecule has 0 radical (unpaired) electrons. The summed E-state index contributed by atoms with van der Waals surface area (Å²) in [6.07, 6.45) is 0.467. The van der Waals surface area contributed by atoms with E-state index in [1.54, 1.807) is 7.11 Å². The molecule has 34 heavy (non-hydrogen) atoms. The molecular weight excluding hydrogens is 473 g/mol. The fraction of sp³-hybridized carbons (Fsp3) is 0.192. The molecule has 0 saturated heterocycles. The molecule has 0 atom stereocenters. The monoisotopic (exact) mass is 495 g/mol. The number of benzene rings is 3. The van der Waals surface area contributed by atoms with Crippen LogP contribution in [-0.2, 0) is 4.79 Å². The van der Waals surface area contributed by atoms with Crippen LogP contribution in [-0.4, -0.2) is 29.5 Å². The normalized spacial score (nSPS) is 12.9. The first kappa shape index (κ1) is 24.0. The lowest BCUT2D eigenvalue weighted by molar-refractivity contribution is -0.113. The first-order chi connectivity index (χ1) is 16.3. The number of aryl methyl sites for hydroxylation is 2. The van der Waals surface area contributed by atoms with Gasteiger partial charge in [0.25, 0.3) is 0 Å². The largest absolute Gasteiger partial charge is 0.497 e. The van der Waals surface area contributed by atoms with E-state index < -0.39 is 5.82 Å². The standard InChI is InChI=1S/C26H23ClFN3O2S/c1-15-9-23-24(10-16(15)2)31-26(13-22(29-23)17-5-4-6-19(11-17)33-3)34-14-25(32)30-21-8-7-18(28)12-20(21)27/h4-12H,13-14H2,1-3H3,(H,30,32). The van der Waals surface area contributed by atoms with Gasteiger partial charge in [0.2, 0.25) is 5.91 Å². The first-order valence-corrected chi connectivity index (χ1v) is 12.0. The van der Waals surface area contributed by atoms with E-state index >= 15 is 0 Å². The molecule has 0 bridgehead atoms. The number of amides is 1. The van der Waals surface area contributed by atoms with Crippen molar-refractivity contribution in [3.8, 4) is 5.75 Å². The lowest BCUT2D eigenvalue weighted by atomic mass is 10.1. The van der Waals surface area contributed by atoms with Gasteiger partial charge in [0, 0.05) is 12.0 Å². The minimum atomic E-state index is -0.460. The number of carbonyl (C=O) groups is 1. The fourth-order valence-electron chi connectivity index (χ4n) is 3.45. The summed E-state index contributed by atoms with van der Waals surface area (Å²) >= 11 is 7.37. The molecule has 174 valence electrons. The van der Waals surface area contributed by atoms with Crippen LogP contribution in [0.15, 0.2) is 64.6 Å². The highest BCUT2D eigenvalue weighted by Crippen LogP contribution is 2.36. The number of nitrogens with one attached hydrogen (secondary N) is 1. The van der Waals surface area contributed by atoms with Crippen molar-refractivity contribution >= 4 is 57.1 Å². The Morgan fingerprint density at radius 3 is 2.53 bits per heavy atom. The SMILES string of the molecule is COc1cccc(C2=Nc3cc(C)c(C)cc3N=C(SCC(=O)Nc3ccc(F)cc3Cl)C2)c1. The Labute approximate surface area is 207 Å². The van der Waals surface area contributed by atoms with Gasteiger partial charge in [-0.05, 0) is 67.4 Å². The molecule has 1 amide bonds. The van der Waals surface area contributed by atoms with E-state index in [0.29, 0.717) is 12.1 Å². The molecule has 0 fully saturated rings. The van der Waals surface area contributed by atoms with Crippen molar-refractivity contribution < 1.29 is 13.9 Å². The second-order valence-corrected chi connectivity index (χ2v) is 9.31. The molecule has 3 aromatic rings. The van der Waals surface area contributed by atoms with Gasteiger partial charge in [0.05, 0.1) is 45.7 Å². The Hall–Kier alpha value is -3.16. The third-order valence-corrected chi connectivity index (χ3v) is 6.68. The number of carbonyl (C=O) groups excluding carboxylic acids is 1. The van der Waals surface area contributed by atoms with Gasteiger partial charge >= 0.3 is 0 Å². The third kappa shape index (κ3) is 5.66. The Morgan fingerprint density at radius 1 is 1.09 bits per heavy atom. The molecule has 3 aromatic carbocycles. The summed E-state index contributed by atoms with van der Waals surface area (Å²) in [5, 5.41) is 3.64. The van der Waals surface area contributed by atoms with Crippen molar-refractivity contribution in [3.63, 3.8) is 0 Å². The van der Waals surface area contributed by atoms with E-state index in [9.17, 15) is 9.18 Å². The highest BCUT2D eigenvalue weighted by molar-refractivity contribution is 8.14. The number of anilines is 1. The molecule has 8 heteroatoms. The summed E-state index contributed by atoms with van der Waals surface area (Å²) in [6, 6.07) is 15.6. The van der Waals surface area contributed by atoms with Gasteiger partial charge in [-0.25, -0.2) is 9.38 Å². The number of methoxy groups -OCH3 is 1. The lowest BCUT2D eigenvalue weighted by Crippen LogP contribution is -2.16. The zero-order chi connectivity index (χ0) is 24.2. The van der Waals surface area contributed by atoms with Crippen LogP contribution < -0.4 is 10.1 Å². The van der Waals surface area contributed by atoms with Crippen LogP contribution >= 0.6 is 23.4 Å². The molecule has 0 aromatic heterocycles. The van der Waals surface area contributed by atoms with Crippen LogP contribution in [0.1, 0.15) is 23.1 Å². The summed E-state index contributed by atoms with van der Waals surface area (Å²) in [6.45, 7) is 4.08. The zero-order valence-corrected chi connectivity index (χ0v) is 20.6. The predicted molar refractivity (Wildman–Crippen MR) is 139 cm³/mol. The Morgan fingerprint density at radius 2 is 1.82 bits per heavy atom. The van der Waals surface area contributed by atoms with Gasteiger partial charge in [0.15, 0.2) is 0 Å². The van der Waals surface area contributed by atoms with E-state index in [2.05, 4.69) is 5.32 Å². The maximum Gasteiger partial charge on any atom is 0.234 e. The van der Waals surface area contributed by atoms with Gasteiger partial charge in [-0.1, -0.05) is 23.7 Å². The van der Waals surface area contributed by atoms with Crippen LogP contribution in [0.2, 0.25) is 5.02 Å². The number of halogens is 2. The van der Waals surface area contributed by atoms with E-state index in [1.807, 2.05) is 50.2 Å². The van der Waals surface area contributed by atoms with Crippen LogP contribution in [0, 0.1) is 19.7 Å². The molecule has 5 nitrogen and oxygen atoms in total.